The highest BCUT2D eigenvalue weighted by atomic mass is 19.1. The summed E-state index contributed by atoms with van der Waals surface area (Å²) in [4.78, 5) is 15.8. The van der Waals surface area contributed by atoms with E-state index in [1.807, 2.05) is 19.1 Å². The number of carbonyl (C=O) groups is 1. The van der Waals surface area contributed by atoms with Crippen LogP contribution in [0.5, 0.6) is 0 Å². The Kier molecular flexibility index (Phi) is 6.05. The molecule has 0 radical (unpaired) electrons. The molecular weight excluding hydrogens is 297 g/mol. The van der Waals surface area contributed by atoms with Gasteiger partial charge in [-0.15, -0.1) is 0 Å². The lowest BCUT2D eigenvalue weighted by molar-refractivity contribution is 0.169. The second-order valence-electron chi connectivity index (χ2n) is 5.23. The van der Waals surface area contributed by atoms with E-state index in [1.165, 1.54) is 12.1 Å². The maximum absolute atomic E-state index is 13.5. The van der Waals surface area contributed by atoms with E-state index in [9.17, 15) is 14.3 Å². The lowest BCUT2D eigenvalue weighted by Gasteiger charge is -2.13. The van der Waals surface area contributed by atoms with Gasteiger partial charge in [-0.3, -0.25) is 4.98 Å². The first kappa shape index (κ1) is 16.9. The van der Waals surface area contributed by atoms with Crippen LogP contribution in [-0.4, -0.2) is 29.2 Å². The highest BCUT2D eigenvalue weighted by Gasteiger charge is 2.13. The lowest BCUT2D eigenvalue weighted by atomic mass is 10.1. The normalized spacial score (nSPS) is 11.8. The number of amides is 2. The highest BCUT2D eigenvalue weighted by molar-refractivity contribution is 5.73. The number of hydrogen-bond donors (Lipinski definition) is 3. The minimum atomic E-state index is -1.08. The number of urea groups is 1. The SMILES string of the molecule is Cc1ccc(CCNC(=O)NCC(O)c2ccccc2F)cn1. The smallest absolute Gasteiger partial charge is 0.314 e. The third-order valence-corrected chi connectivity index (χ3v) is 3.39. The summed E-state index contributed by atoms with van der Waals surface area (Å²) in [6.07, 6.45) is 1.36. The number of pyridine rings is 1. The molecule has 1 atom stereocenters. The predicted molar refractivity (Wildman–Crippen MR) is 85.4 cm³/mol. The molecule has 2 aromatic rings. The number of carbonyl (C=O) groups excluding carboxylic acids is 1. The number of aliphatic hydroxyl groups excluding tert-OH is 1. The molecule has 0 fully saturated rings. The maximum atomic E-state index is 13.5. The van der Waals surface area contributed by atoms with Crippen molar-refractivity contribution in [2.45, 2.75) is 19.4 Å². The number of nitrogens with zero attached hydrogens (tertiary/aromatic N) is 1. The van der Waals surface area contributed by atoms with Crippen molar-refractivity contribution in [3.8, 4) is 0 Å². The average molecular weight is 317 g/mol. The summed E-state index contributed by atoms with van der Waals surface area (Å²) in [6.45, 7) is 2.31. The van der Waals surface area contributed by atoms with Gasteiger partial charge in [-0.25, -0.2) is 9.18 Å². The highest BCUT2D eigenvalue weighted by Crippen LogP contribution is 2.15. The van der Waals surface area contributed by atoms with Gasteiger partial charge in [0.2, 0.25) is 0 Å². The van der Waals surface area contributed by atoms with Gasteiger partial charge in [-0.05, 0) is 31.0 Å². The molecule has 1 aromatic heterocycles. The Morgan fingerprint density at radius 2 is 2.04 bits per heavy atom. The fraction of sp³-hybridized carbons (Fsp3) is 0.294. The third kappa shape index (κ3) is 5.34. The molecule has 3 N–H and O–H groups in total. The molecule has 5 nitrogen and oxygen atoms in total. The summed E-state index contributed by atoms with van der Waals surface area (Å²) in [5.41, 5.74) is 2.14. The van der Waals surface area contributed by atoms with Crippen molar-refractivity contribution in [1.29, 1.82) is 0 Å². The minimum absolute atomic E-state index is 0.0567. The topological polar surface area (TPSA) is 74.2 Å². The van der Waals surface area contributed by atoms with Gasteiger partial charge in [-0.2, -0.15) is 0 Å². The van der Waals surface area contributed by atoms with Crippen molar-refractivity contribution in [1.82, 2.24) is 15.6 Å². The van der Waals surface area contributed by atoms with Crippen LogP contribution in [0.3, 0.4) is 0 Å². The first-order valence-electron chi connectivity index (χ1n) is 7.42. The zero-order valence-electron chi connectivity index (χ0n) is 12.9. The zero-order chi connectivity index (χ0) is 16.7. The Morgan fingerprint density at radius 1 is 1.26 bits per heavy atom. The molecule has 0 bridgehead atoms. The van der Waals surface area contributed by atoms with Gasteiger partial charge in [0.05, 0.1) is 6.10 Å². The van der Waals surface area contributed by atoms with E-state index in [0.717, 1.165) is 11.3 Å². The van der Waals surface area contributed by atoms with Crippen LogP contribution in [0.1, 0.15) is 22.9 Å². The second kappa shape index (κ2) is 8.24. The van der Waals surface area contributed by atoms with Gasteiger partial charge >= 0.3 is 6.03 Å². The fourth-order valence-electron chi connectivity index (χ4n) is 2.07. The van der Waals surface area contributed by atoms with Gasteiger partial charge < -0.3 is 15.7 Å². The van der Waals surface area contributed by atoms with E-state index >= 15 is 0 Å². The number of hydrogen-bond acceptors (Lipinski definition) is 3. The number of halogens is 1. The summed E-state index contributed by atoms with van der Waals surface area (Å²) < 4.78 is 13.5. The molecule has 1 aromatic carbocycles. The molecule has 23 heavy (non-hydrogen) atoms. The fourth-order valence-corrected chi connectivity index (χ4v) is 2.07. The minimum Gasteiger partial charge on any atom is -0.386 e. The second-order valence-corrected chi connectivity index (χ2v) is 5.23. The number of benzene rings is 1. The van der Waals surface area contributed by atoms with E-state index in [0.29, 0.717) is 13.0 Å². The van der Waals surface area contributed by atoms with Crippen molar-refractivity contribution < 1.29 is 14.3 Å². The van der Waals surface area contributed by atoms with Gasteiger partial charge in [0.25, 0.3) is 0 Å². The molecule has 122 valence electrons. The van der Waals surface area contributed by atoms with Crippen LogP contribution in [0.2, 0.25) is 0 Å². The largest absolute Gasteiger partial charge is 0.386 e. The Balaban J connectivity index is 1.71. The van der Waals surface area contributed by atoms with E-state index in [4.69, 9.17) is 0 Å². The van der Waals surface area contributed by atoms with Crippen molar-refractivity contribution in [2.75, 3.05) is 13.1 Å². The number of aryl methyl sites for hydroxylation is 1. The first-order chi connectivity index (χ1) is 11.1. The summed E-state index contributed by atoms with van der Waals surface area (Å²) in [7, 11) is 0. The molecule has 0 aliphatic heterocycles. The Morgan fingerprint density at radius 3 is 2.74 bits per heavy atom. The van der Waals surface area contributed by atoms with Crippen LogP contribution in [0, 0.1) is 12.7 Å². The standard InChI is InChI=1S/C17H20FN3O2/c1-12-6-7-13(10-20-12)8-9-19-17(23)21-11-16(22)14-4-2-3-5-15(14)18/h2-7,10,16,22H,8-9,11H2,1H3,(H2,19,21,23). The molecule has 2 rings (SSSR count). The molecule has 0 saturated heterocycles. The Hall–Kier alpha value is -2.47. The van der Waals surface area contributed by atoms with Crippen LogP contribution in [0.4, 0.5) is 9.18 Å². The summed E-state index contributed by atoms with van der Waals surface area (Å²) >= 11 is 0. The molecule has 0 spiro atoms. The third-order valence-electron chi connectivity index (χ3n) is 3.39. The quantitative estimate of drug-likeness (QED) is 0.764. The monoisotopic (exact) mass is 317 g/mol. The summed E-state index contributed by atoms with van der Waals surface area (Å²) in [5.74, 6) is -0.492. The van der Waals surface area contributed by atoms with Gasteiger partial charge in [0.15, 0.2) is 0 Å². The Labute approximate surface area is 134 Å². The van der Waals surface area contributed by atoms with Gasteiger partial charge in [-0.1, -0.05) is 24.3 Å². The predicted octanol–water partition coefficient (Wildman–Crippen LogP) is 2.10. The molecule has 1 heterocycles. The molecule has 1 unspecified atom stereocenters. The van der Waals surface area contributed by atoms with Crippen molar-refractivity contribution >= 4 is 6.03 Å². The van der Waals surface area contributed by atoms with Crippen molar-refractivity contribution in [3.05, 3.63) is 65.2 Å². The Bertz CT molecular complexity index is 647. The van der Waals surface area contributed by atoms with Crippen molar-refractivity contribution in [2.24, 2.45) is 0 Å². The number of rotatable bonds is 6. The molecule has 0 aliphatic carbocycles. The van der Waals surface area contributed by atoms with Gasteiger partial charge in [0.1, 0.15) is 5.82 Å². The van der Waals surface area contributed by atoms with Crippen LogP contribution in [-0.2, 0) is 6.42 Å². The van der Waals surface area contributed by atoms with Crippen molar-refractivity contribution in [3.63, 3.8) is 0 Å². The number of aromatic nitrogens is 1. The molecule has 6 heteroatoms. The molecule has 2 amide bonds. The van der Waals surface area contributed by atoms with E-state index in [-0.39, 0.29) is 12.1 Å². The number of aliphatic hydroxyl groups is 1. The lowest BCUT2D eigenvalue weighted by Crippen LogP contribution is -2.38. The summed E-state index contributed by atoms with van der Waals surface area (Å²) in [6, 6.07) is 9.42. The molecular formula is C17H20FN3O2. The summed E-state index contributed by atoms with van der Waals surface area (Å²) in [5, 5.41) is 15.1. The van der Waals surface area contributed by atoms with E-state index < -0.39 is 18.0 Å². The average Bonchev–Trinajstić information content (AvgIpc) is 2.55. The van der Waals surface area contributed by atoms with E-state index in [2.05, 4.69) is 15.6 Å². The van der Waals surface area contributed by atoms with Crippen LogP contribution in [0.15, 0.2) is 42.6 Å². The number of nitrogens with one attached hydrogen (secondary N) is 2. The van der Waals surface area contributed by atoms with E-state index in [1.54, 1.807) is 18.3 Å². The van der Waals surface area contributed by atoms with Crippen LogP contribution in [0.25, 0.3) is 0 Å². The molecule has 0 aliphatic rings. The maximum Gasteiger partial charge on any atom is 0.314 e. The molecule has 0 saturated carbocycles. The van der Waals surface area contributed by atoms with Gasteiger partial charge in [0, 0.05) is 30.5 Å². The zero-order valence-corrected chi connectivity index (χ0v) is 12.9. The first-order valence-corrected chi connectivity index (χ1v) is 7.42. The van der Waals surface area contributed by atoms with Crippen LogP contribution < -0.4 is 10.6 Å². The van der Waals surface area contributed by atoms with Crippen LogP contribution >= 0.6 is 0 Å².